The molecule has 4 rings (SSSR count). The van der Waals surface area contributed by atoms with Crippen LogP contribution in [0, 0.1) is 11.3 Å². The molecule has 0 radical (unpaired) electrons. The molecule has 1 fully saturated rings. The van der Waals surface area contributed by atoms with Gasteiger partial charge in [-0.05, 0) is 42.1 Å². The molecule has 1 amide bonds. The Hall–Kier alpha value is -3.05. The number of carbonyl (C=O) groups is 1. The molecular weight excluding hydrogens is 444 g/mol. The highest BCUT2D eigenvalue weighted by atomic mass is 35.5. The second-order valence-electron chi connectivity index (χ2n) is 7.54. The summed E-state index contributed by atoms with van der Waals surface area (Å²) in [4.78, 5) is 15.3. The first-order valence-electron chi connectivity index (χ1n) is 10.2. The molecule has 32 heavy (non-hydrogen) atoms. The van der Waals surface area contributed by atoms with E-state index in [2.05, 4.69) is 16.3 Å². The van der Waals surface area contributed by atoms with E-state index in [1.165, 1.54) is 0 Å². The maximum atomic E-state index is 11.9. The molecule has 0 bridgehead atoms. The molecule has 2 atom stereocenters. The highest BCUT2D eigenvalue weighted by Gasteiger charge is 2.28. The van der Waals surface area contributed by atoms with Gasteiger partial charge in [-0.25, -0.2) is 0 Å². The number of primary amides is 1. The fraction of sp³-hybridized carbons (Fsp3) is 0.250. The number of hydrogen-bond acceptors (Lipinski definition) is 6. The molecule has 0 spiro atoms. The predicted octanol–water partition coefficient (Wildman–Crippen LogP) is 4.10. The summed E-state index contributed by atoms with van der Waals surface area (Å²) in [5, 5.41) is 15.1. The van der Waals surface area contributed by atoms with E-state index >= 15 is 0 Å². The Bertz CT molecular complexity index is 1070. The number of thiophene rings is 1. The molecule has 0 aliphatic carbocycles. The van der Waals surface area contributed by atoms with Gasteiger partial charge in [0, 0.05) is 36.5 Å². The van der Waals surface area contributed by atoms with Gasteiger partial charge >= 0.3 is 0 Å². The highest BCUT2D eigenvalue weighted by Crippen LogP contribution is 2.30. The summed E-state index contributed by atoms with van der Waals surface area (Å²) in [6.07, 6.45) is 1.47. The predicted molar refractivity (Wildman–Crippen MR) is 130 cm³/mol. The number of benzene rings is 2. The van der Waals surface area contributed by atoms with Crippen LogP contribution in [0.15, 0.2) is 66.0 Å². The largest absolute Gasteiger partial charge is 0.457 e. The van der Waals surface area contributed by atoms with Gasteiger partial charge in [0.25, 0.3) is 0 Å². The minimum Gasteiger partial charge on any atom is -0.457 e. The summed E-state index contributed by atoms with van der Waals surface area (Å²) in [6.45, 7) is 1.51. The Balaban J connectivity index is 0.00000289. The van der Waals surface area contributed by atoms with Crippen molar-refractivity contribution in [2.45, 2.75) is 24.9 Å². The summed E-state index contributed by atoms with van der Waals surface area (Å²) < 4.78 is 5.86. The number of hydrogen-bond donors (Lipinski definition) is 2. The van der Waals surface area contributed by atoms with Gasteiger partial charge in [-0.3, -0.25) is 4.79 Å². The van der Waals surface area contributed by atoms with Crippen molar-refractivity contribution in [3.8, 4) is 17.6 Å². The molecule has 1 aromatic heterocycles. The Morgan fingerprint density at radius 3 is 2.72 bits per heavy atom. The Morgan fingerprint density at radius 2 is 2.03 bits per heavy atom. The molecule has 0 unspecified atom stereocenters. The van der Waals surface area contributed by atoms with E-state index in [0.29, 0.717) is 24.3 Å². The van der Waals surface area contributed by atoms with Gasteiger partial charge in [-0.2, -0.15) is 5.26 Å². The van der Waals surface area contributed by atoms with E-state index in [1.54, 1.807) is 17.4 Å². The van der Waals surface area contributed by atoms with Gasteiger partial charge in [-0.1, -0.05) is 24.3 Å². The van der Waals surface area contributed by atoms with Crippen molar-refractivity contribution < 1.29 is 9.53 Å². The van der Waals surface area contributed by atoms with Crippen molar-refractivity contribution >= 4 is 35.3 Å². The van der Waals surface area contributed by atoms with Gasteiger partial charge in [0.05, 0.1) is 17.3 Å². The number of anilines is 1. The van der Waals surface area contributed by atoms with Crippen LogP contribution in [0.3, 0.4) is 0 Å². The fourth-order valence-electron chi connectivity index (χ4n) is 3.84. The first-order chi connectivity index (χ1) is 15.1. The molecular formula is C24H25ClN4O2S. The zero-order chi connectivity index (χ0) is 21.6. The first-order valence-corrected chi connectivity index (χ1v) is 11.1. The lowest BCUT2D eigenvalue weighted by atomic mass is 10.1. The number of nitrogens with one attached hydrogen (secondary N) is 1. The van der Waals surface area contributed by atoms with E-state index < -0.39 is 6.04 Å². The van der Waals surface area contributed by atoms with Crippen LogP contribution >= 0.6 is 23.7 Å². The van der Waals surface area contributed by atoms with Gasteiger partial charge in [0.1, 0.15) is 17.6 Å². The molecule has 3 aromatic rings. The van der Waals surface area contributed by atoms with Crippen LogP contribution in [0.5, 0.6) is 11.5 Å². The second-order valence-corrected chi connectivity index (χ2v) is 8.57. The van der Waals surface area contributed by atoms with E-state index in [4.69, 9.17) is 10.5 Å². The standard InChI is InChI=1S/C24H24N4O2S.ClH/c25-15-17-13-20(30-19-5-2-1-3-6-19)8-9-23(17)28-11-10-18(16-28)27-22(24(26)29)14-21-7-4-12-31-21;/h1-9,12-13,18,22,27H,10-11,14,16H2,(H2,26,29);1H/t18-,22-;/m0./s1. The quantitative estimate of drug-likeness (QED) is 0.519. The average Bonchev–Trinajstić information content (AvgIpc) is 3.46. The van der Waals surface area contributed by atoms with Crippen LogP contribution in [0.2, 0.25) is 0 Å². The first kappa shape index (κ1) is 23.6. The molecule has 6 nitrogen and oxygen atoms in total. The molecule has 166 valence electrons. The van der Waals surface area contributed by atoms with Crippen LogP contribution in [0.4, 0.5) is 5.69 Å². The Labute approximate surface area is 198 Å². The minimum absolute atomic E-state index is 0. The van der Waals surface area contributed by atoms with Crippen LogP contribution in [-0.4, -0.2) is 31.1 Å². The molecule has 1 aliphatic rings. The van der Waals surface area contributed by atoms with Crippen molar-refractivity contribution in [2.24, 2.45) is 5.73 Å². The molecule has 8 heteroatoms. The summed E-state index contributed by atoms with van der Waals surface area (Å²) in [6, 6.07) is 21.1. The molecule has 2 aromatic carbocycles. The molecule has 0 saturated carbocycles. The molecule has 2 heterocycles. The SMILES string of the molecule is Cl.N#Cc1cc(Oc2ccccc2)ccc1N1CC[C@H](N[C@@H](Cc2cccs2)C(N)=O)C1. The zero-order valence-electron chi connectivity index (χ0n) is 17.4. The maximum absolute atomic E-state index is 11.9. The summed E-state index contributed by atoms with van der Waals surface area (Å²) in [5.74, 6) is 1.02. The fourth-order valence-corrected chi connectivity index (χ4v) is 4.59. The number of carbonyl (C=O) groups excluding carboxylic acids is 1. The van der Waals surface area contributed by atoms with Gasteiger partial charge in [0.2, 0.25) is 5.91 Å². The number of nitriles is 1. The van der Waals surface area contributed by atoms with Crippen molar-refractivity contribution in [3.05, 3.63) is 76.5 Å². The van der Waals surface area contributed by atoms with Crippen LogP contribution < -0.4 is 20.7 Å². The Kier molecular flexibility index (Phi) is 8.12. The molecule has 1 aliphatic heterocycles. The number of ether oxygens (including phenoxy) is 1. The van der Waals surface area contributed by atoms with E-state index in [9.17, 15) is 10.1 Å². The van der Waals surface area contributed by atoms with E-state index in [1.807, 2.05) is 60.0 Å². The van der Waals surface area contributed by atoms with Gasteiger partial charge in [-0.15, -0.1) is 23.7 Å². The number of halogens is 1. The highest BCUT2D eigenvalue weighted by molar-refractivity contribution is 7.09. The zero-order valence-corrected chi connectivity index (χ0v) is 19.1. The normalized spacial score (nSPS) is 16.1. The number of nitrogens with two attached hydrogens (primary N) is 1. The lowest BCUT2D eigenvalue weighted by Gasteiger charge is -2.23. The topological polar surface area (TPSA) is 91.4 Å². The third kappa shape index (κ3) is 5.80. The number of amides is 1. The lowest BCUT2D eigenvalue weighted by Crippen LogP contribution is -2.48. The summed E-state index contributed by atoms with van der Waals surface area (Å²) in [7, 11) is 0. The van der Waals surface area contributed by atoms with Gasteiger partial charge in [0.15, 0.2) is 0 Å². The van der Waals surface area contributed by atoms with Crippen molar-refractivity contribution in [3.63, 3.8) is 0 Å². The van der Waals surface area contributed by atoms with Crippen LogP contribution in [-0.2, 0) is 11.2 Å². The Morgan fingerprint density at radius 1 is 1.22 bits per heavy atom. The number of nitrogens with zero attached hydrogens (tertiary/aromatic N) is 2. The minimum atomic E-state index is -0.402. The number of rotatable bonds is 8. The van der Waals surface area contributed by atoms with Crippen LogP contribution in [0.25, 0.3) is 0 Å². The number of para-hydroxylation sites is 1. The average molecular weight is 469 g/mol. The summed E-state index contributed by atoms with van der Waals surface area (Å²) >= 11 is 1.62. The smallest absolute Gasteiger partial charge is 0.234 e. The van der Waals surface area contributed by atoms with Gasteiger partial charge < -0.3 is 20.7 Å². The second kappa shape index (κ2) is 11.0. The third-order valence-electron chi connectivity index (χ3n) is 5.36. The van der Waals surface area contributed by atoms with Crippen LogP contribution in [0.1, 0.15) is 16.9 Å². The molecule has 1 saturated heterocycles. The third-order valence-corrected chi connectivity index (χ3v) is 6.26. The lowest BCUT2D eigenvalue weighted by molar-refractivity contribution is -0.120. The molecule has 3 N–H and O–H groups in total. The van der Waals surface area contributed by atoms with Crippen molar-refractivity contribution in [2.75, 3.05) is 18.0 Å². The van der Waals surface area contributed by atoms with E-state index in [0.717, 1.165) is 29.3 Å². The maximum Gasteiger partial charge on any atom is 0.234 e. The summed E-state index contributed by atoms with van der Waals surface area (Å²) in [5.41, 5.74) is 7.08. The van der Waals surface area contributed by atoms with E-state index in [-0.39, 0.29) is 24.4 Å². The monoisotopic (exact) mass is 468 g/mol. The van der Waals surface area contributed by atoms with Crippen molar-refractivity contribution in [1.29, 1.82) is 5.26 Å². The van der Waals surface area contributed by atoms with Crippen molar-refractivity contribution in [1.82, 2.24) is 5.32 Å².